The smallest absolute Gasteiger partial charge is 0.406 e. The van der Waals surface area contributed by atoms with Crippen molar-refractivity contribution >= 4 is 10.9 Å². The van der Waals surface area contributed by atoms with Gasteiger partial charge in [0.25, 0.3) is 0 Å². The number of rotatable bonds is 5. The summed E-state index contributed by atoms with van der Waals surface area (Å²) < 4.78 is 41.0. The van der Waals surface area contributed by atoms with Crippen molar-refractivity contribution in [1.29, 1.82) is 0 Å². The first-order chi connectivity index (χ1) is 13.9. The maximum absolute atomic E-state index is 12.4. The zero-order chi connectivity index (χ0) is 20.4. The Morgan fingerprint density at radius 3 is 2.41 bits per heavy atom. The lowest BCUT2D eigenvalue weighted by atomic mass is 10.0. The average Bonchev–Trinajstić information content (AvgIpc) is 3.09. The normalized spacial score (nSPS) is 11.7. The van der Waals surface area contributed by atoms with E-state index in [1.807, 2.05) is 43.3 Å². The van der Waals surface area contributed by atoms with Gasteiger partial charge >= 0.3 is 6.36 Å². The van der Waals surface area contributed by atoms with E-state index in [2.05, 4.69) is 20.8 Å². The summed E-state index contributed by atoms with van der Waals surface area (Å²) in [5.41, 5.74) is 5.85. The molecule has 4 rings (SSSR count). The Hall–Kier alpha value is -3.28. The van der Waals surface area contributed by atoms with E-state index in [0.717, 1.165) is 52.0 Å². The minimum atomic E-state index is -4.69. The third kappa shape index (κ3) is 4.59. The molecule has 0 aliphatic carbocycles. The Balaban J connectivity index is 1.58. The highest BCUT2D eigenvalue weighted by atomic mass is 19.4. The van der Waals surface area contributed by atoms with E-state index < -0.39 is 6.36 Å². The van der Waals surface area contributed by atoms with Crippen LogP contribution in [0, 0.1) is 6.92 Å². The molecule has 0 saturated carbocycles. The zero-order valence-corrected chi connectivity index (χ0v) is 15.8. The molecule has 0 saturated heterocycles. The van der Waals surface area contributed by atoms with Crippen molar-refractivity contribution in [2.24, 2.45) is 0 Å². The molecule has 2 heterocycles. The molecule has 0 amide bonds. The van der Waals surface area contributed by atoms with Crippen LogP contribution < -0.4 is 4.74 Å². The second kappa shape index (κ2) is 7.62. The highest BCUT2D eigenvalue weighted by molar-refractivity contribution is 5.94. The largest absolute Gasteiger partial charge is 0.573 e. The van der Waals surface area contributed by atoms with Gasteiger partial charge in [0.05, 0.1) is 5.52 Å². The molecule has 3 nitrogen and oxygen atoms in total. The third-order valence-electron chi connectivity index (χ3n) is 4.71. The van der Waals surface area contributed by atoms with Crippen LogP contribution in [-0.4, -0.2) is 16.3 Å². The fourth-order valence-corrected chi connectivity index (χ4v) is 3.43. The predicted molar refractivity (Wildman–Crippen MR) is 107 cm³/mol. The van der Waals surface area contributed by atoms with Crippen molar-refractivity contribution < 1.29 is 17.9 Å². The molecule has 4 aromatic rings. The molecule has 6 heteroatoms. The Kier molecular flexibility index (Phi) is 5.01. The van der Waals surface area contributed by atoms with Crippen molar-refractivity contribution in [3.05, 3.63) is 83.8 Å². The first kappa shape index (κ1) is 19.1. The SMILES string of the molecule is Cc1cccc(CCc2cc3cccc(-c4ccc(OC(F)(F)F)cc4)c3[nH]2)n1. The summed E-state index contributed by atoms with van der Waals surface area (Å²) in [6.07, 6.45) is -3.04. The summed E-state index contributed by atoms with van der Waals surface area (Å²) in [4.78, 5) is 8.00. The van der Waals surface area contributed by atoms with Crippen LogP contribution >= 0.6 is 0 Å². The lowest BCUT2D eigenvalue weighted by Gasteiger charge is -2.09. The number of hydrogen-bond donors (Lipinski definition) is 1. The summed E-state index contributed by atoms with van der Waals surface area (Å²) in [6.45, 7) is 1.98. The molecule has 29 heavy (non-hydrogen) atoms. The molecule has 2 aromatic heterocycles. The third-order valence-corrected chi connectivity index (χ3v) is 4.71. The van der Waals surface area contributed by atoms with E-state index in [1.54, 1.807) is 12.1 Å². The maximum Gasteiger partial charge on any atom is 0.573 e. The van der Waals surface area contributed by atoms with Gasteiger partial charge in [-0.1, -0.05) is 36.4 Å². The summed E-state index contributed by atoms with van der Waals surface area (Å²) in [5, 5.41) is 1.06. The number of aryl methyl sites for hydroxylation is 3. The summed E-state index contributed by atoms with van der Waals surface area (Å²) in [5.74, 6) is -0.230. The van der Waals surface area contributed by atoms with Crippen LogP contribution in [0.2, 0.25) is 0 Å². The first-order valence-corrected chi connectivity index (χ1v) is 9.27. The number of benzene rings is 2. The van der Waals surface area contributed by atoms with Crippen LogP contribution in [-0.2, 0) is 12.8 Å². The van der Waals surface area contributed by atoms with E-state index in [4.69, 9.17) is 0 Å². The van der Waals surface area contributed by atoms with Crippen LogP contribution in [0.25, 0.3) is 22.0 Å². The van der Waals surface area contributed by atoms with Gasteiger partial charge < -0.3 is 9.72 Å². The number of hydrogen-bond acceptors (Lipinski definition) is 2. The van der Waals surface area contributed by atoms with Gasteiger partial charge in [-0.2, -0.15) is 0 Å². The lowest BCUT2D eigenvalue weighted by molar-refractivity contribution is -0.274. The van der Waals surface area contributed by atoms with Crippen molar-refractivity contribution in [3.8, 4) is 16.9 Å². The average molecular weight is 396 g/mol. The van der Waals surface area contributed by atoms with Gasteiger partial charge in [-0.15, -0.1) is 13.2 Å². The van der Waals surface area contributed by atoms with Gasteiger partial charge in [0.2, 0.25) is 0 Å². The van der Waals surface area contributed by atoms with Crippen molar-refractivity contribution in [2.75, 3.05) is 0 Å². The minimum absolute atomic E-state index is 0.230. The molecule has 2 aromatic carbocycles. The Bertz CT molecular complexity index is 1130. The number of nitrogens with one attached hydrogen (secondary N) is 1. The fourth-order valence-electron chi connectivity index (χ4n) is 3.43. The number of halogens is 3. The minimum Gasteiger partial charge on any atom is -0.406 e. The molecule has 0 fully saturated rings. The molecule has 0 aliphatic heterocycles. The number of pyridine rings is 1. The highest BCUT2D eigenvalue weighted by Crippen LogP contribution is 2.31. The number of aromatic nitrogens is 2. The van der Waals surface area contributed by atoms with Gasteiger partial charge in [-0.25, -0.2) is 0 Å². The van der Waals surface area contributed by atoms with Crippen molar-refractivity contribution in [1.82, 2.24) is 9.97 Å². The van der Waals surface area contributed by atoms with Crippen LogP contribution in [0.4, 0.5) is 13.2 Å². The molecule has 148 valence electrons. The first-order valence-electron chi connectivity index (χ1n) is 9.27. The van der Waals surface area contributed by atoms with E-state index in [-0.39, 0.29) is 5.75 Å². The number of nitrogens with zero attached hydrogens (tertiary/aromatic N) is 1. The van der Waals surface area contributed by atoms with E-state index in [1.165, 1.54) is 12.1 Å². The number of fused-ring (bicyclic) bond motifs is 1. The number of ether oxygens (including phenoxy) is 1. The van der Waals surface area contributed by atoms with E-state index >= 15 is 0 Å². The fraction of sp³-hybridized carbons (Fsp3) is 0.174. The van der Waals surface area contributed by atoms with E-state index in [0.29, 0.717) is 0 Å². The Morgan fingerprint density at radius 2 is 1.69 bits per heavy atom. The molecule has 0 radical (unpaired) electrons. The molecule has 0 aliphatic rings. The van der Waals surface area contributed by atoms with E-state index in [9.17, 15) is 13.2 Å². The number of alkyl halides is 3. The second-order valence-electron chi connectivity index (χ2n) is 6.91. The molecule has 0 bridgehead atoms. The Morgan fingerprint density at radius 1 is 0.931 bits per heavy atom. The molecule has 0 unspecified atom stereocenters. The van der Waals surface area contributed by atoms with Crippen LogP contribution in [0.5, 0.6) is 5.75 Å². The zero-order valence-electron chi connectivity index (χ0n) is 15.8. The molecular weight excluding hydrogens is 377 g/mol. The topological polar surface area (TPSA) is 37.9 Å². The van der Waals surface area contributed by atoms with Gasteiger partial charge in [-0.05, 0) is 55.7 Å². The Labute approximate surface area is 166 Å². The van der Waals surface area contributed by atoms with Gasteiger partial charge in [-0.3, -0.25) is 4.98 Å². The maximum atomic E-state index is 12.4. The number of para-hydroxylation sites is 1. The van der Waals surface area contributed by atoms with Gasteiger partial charge in [0.1, 0.15) is 5.75 Å². The van der Waals surface area contributed by atoms with Crippen LogP contribution in [0.3, 0.4) is 0 Å². The van der Waals surface area contributed by atoms with Crippen molar-refractivity contribution in [3.63, 3.8) is 0 Å². The summed E-state index contributed by atoms with van der Waals surface area (Å²) >= 11 is 0. The standard InChI is InChI=1S/C23H19F3N2O/c1-15-4-2-6-18(27-15)10-11-19-14-17-5-3-7-21(22(17)28-19)16-8-12-20(13-9-16)29-23(24,25)26/h2-9,12-14,28H,10-11H2,1H3. The summed E-state index contributed by atoms with van der Waals surface area (Å²) in [7, 11) is 0. The van der Waals surface area contributed by atoms with Gasteiger partial charge in [0.15, 0.2) is 0 Å². The number of aromatic amines is 1. The predicted octanol–water partition coefficient (Wildman–Crippen LogP) is 6.22. The molecular formula is C23H19F3N2O. The molecule has 0 spiro atoms. The number of H-pyrrole nitrogens is 1. The molecule has 0 atom stereocenters. The van der Waals surface area contributed by atoms with Crippen LogP contribution in [0.1, 0.15) is 17.1 Å². The second-order valence-corrected chi connectivity index (χ2v) is 6.91. The highest BCUT2D eigenvalue weighted by Gasteiger charge is 2.31. The van der Waals surface area contributed by atoms with Crippen LogP contribution in [0.15, 0.2) is 66.7 Å². The molecule has 1 N–H and O–H groups in total. The lowest BCUT2D eigenvalue weighted by Crippen LogP contribution is -2.16. The van der Waals surface area contributed by atoms with Gasteiger partial charge in [0, 0.05) is 28.0 Å². The quantitative estimate of drug-likeness (QED) is 0.435. The summed E-state index contributed by atoms with van der Waals surface area (Å²) in [6, 6.07) is 19.9. The van der Waals surface area contributed by atoms with Crippen molar-refractivity contribution in [2.45, 2.75) is 26.1 Å². The monoisotopic (exact) mass is 396 g/mol.